The predicted molar refractivity (Wildman–Crippen MR) is 84.1 cm³/mol. The molecule has 0 amide bonds. The maximum atomic E-state index is 11.0. The van der Waals surface area contributed by atoms with Crippen molar-refractivity contribution in [1.82, 2.24) is 30.1 Å². The summed E-state index contributed by atoms with van der Waals surface area (Å²) in [7, 11) is -3.17. The maximum Gasteiger partial charge on any atom is 0.208 e. The van der Waals surface area contributed by atoms with Crippen LogP contribution in [0.2, 0.25) is 0 Å². The molecule has 1 aliphatic heterocycles. The van der Waals surface area contributed by atoms with Crippen LogP contribution in [-0.4, -0.2) is 61.1 Å². The van der Waals surface area contributed by atoms with E-state index in [1.807, 2.05) is 11.6 Å². The van der Waals surface area contributed by atoms with Gasteiger partial charge in [-0.05, 0) is 13.3 Å². The molecule has 1 aromatic heterocycles. The highest BCUT2D eigenvalue weighted by molar-refractivity contribution is 7.88. The van der Waals surface area contributed by atoms with Gasteiger partial charge in [-0.25, -0.2) is 22.8 Å². The minimum absolute atomic E-state index is 0.231. The van der Waals surface area contributed by atoms with Crippen molar-refractivity contribution in [2.45, 2.75) is 32.4 Å². The third-order valence-electron chi connectivity index (χ3n) is 3.24. The van der Waals surface area contributed by atoms with Gasteiger partial charge >= 0.3 is 0 Å². The summed E-state index contributed by atoms with van der Waals surface area (Å²) in [6.45, 7) is 4.15. The molecule has 3 N–H and O–H groups in total. The van der Waals surface area contributed by atoms with Crippen LogP contribution in [0, 0.1) is 0 Å². The summed E-state index contributed by atoms with van der Waals surface area (Å²) < 4.78 is 26.3. The van der Waals surface area contributed by atoms with Crippen molar-refractivity contribution in [1.29, 1.82) is 0 Å². The standard InChI is InChI=1S/C12H23N7O2S/c1-3-13-12(14-6-7-17-22(2,20)21)18-10-4-5-11-15-9-16-19(11)8-10/h9-10,17H,3-8H2,1-2H3,(H2,13,14,18). The first-order valence-corrected chi connectivity index (χ1v) is 9.23. The second-order valence-corrected chi connectivity index (χ2v) is 7.00. The van der Waals surface area contributed by atoms with Gasteiger partial charge in [0.15, 0.2) is 5.96 Å². The zero-order chi connectivity index (χ0) is 16.0. The van der Waals surface area contributed by atoms with Crippen LogP contribution in [0.15, 0.2) is 11.3 Å². The zero-order valence-corrected chi connectivity index (χ0v) is 13.7. The third kappa shape index (κ3) is 5.26. The summed E-state index contributed by atoms with van der Waals surface area (Å²) in [5.41, 5.74) is 0. The normalized spacial score (nSPS) is 18.8. The second-order valence-electron chi connectivity index (χ2n) is 5.17. The van der Waals surface area contributed by atoms with Gasteiger partial charge in [0.05, 0.1) is 19.3 Å². The Balaban J connectivity index is 1.86. The molecule has 10 heteroatoms. The summed E-state index contributed by atoms with van der Waals surface area (Å²) in [6, 6.07) is 0.231. The number of nitrogens with one attached hydrogen (secondary N) is 3. The van der Waals surface area contributed by atoms with Gasteiger partial charge in [0.25, 0.3) is 0 Å². The van der Waals surface area contributed by atoms with Crippen LogP contribution < -0.4 is 15.4 Å². The number of nitrogens with zero attached hydrogens (tertiary/aromatic N) is 4. The van der Waals surface area contributed by atoms with Crippen LogP contribution in [0.3, 0.4) is 0 Å². The third-order valence-corrected chi connectivity index (χ3v) is 3.96. The smallest absolute Gasteiger partial charge is 0.208 e. The van der Waals surface area contributed by atoms with Crippen LogP contribution in [-0.2, 0) is 23.0 Å². The fourth-order valence-corrected chi connectivity index (χ4v) is 2.73. The largest absolute Gasteiger partial charge is 0.357 e. The predicted octanol–water partition coefficient (Wildman–Crippen LogP) is -1.30. The molecule has 1 atom stereocenters. The molecule has 0 saturated heterocycles. The molecule has 0 bridgehead atoms. The van der Waals surface area contributed by atoms with Gasteiger partial charge in [0.1, 0.15) is 12.2 Å². The quantitative estimate of drug-likeness (QED) is 0.339. The van der Waals surface area contributed by atoms with Crippen LogP contribution in [0.1, 0.15) is 19.2 Å². The summed E-state index contributed by atoms with van der Waals surface area (Å²) in [6.07, 6.45) is 4.56. The molecule has 1 aliphatic rings. The van der Waals surface area contributed by atoms with Crippen LogP contribution in [0.25, 0.3) is 0 Å². The Bertz CT molecular complexity index is 611. The fourth-order valence-electron chi connectivity index (χ4n) is 2.27. The fraction of sp³-hybridized carbons (Fsp3) is 0.750. The Kier molecular flexibility index (Phi) is 5.72. The zero-order valence-electron chi connectivity index (χ0n) is 12.9. The minimum atomic E-state index is -3.17. The molecule has 0 fully saturated rings. The Morgan fingerprint density at radius 3 is 3.09 bits per heavy atom. The van der Waals surface area contributed by atoms with Crippen molar-refractivity contribution >= 4 is 16.0 Å². The first kappa shape index (κ1) is 16.7. The van der Waals surface area contributed by atoms with Crippen molar-refractivity contribution in [2.24, 2.45) is 4.99 Å². The van der Waals surface area contributed by atoms with Crippen molar-refractivity contribution in [2.75, 3.05) is 25.9 Å². The molecule has 2 rings (SSSR count). The molecular weight excluding hydrogens is 306 g/mol. The average Bonchev–Trinajstić information content (AvgIpc) is 2.90. The van der Waals surface area contributed by atoms with Crippen LogP contribution in [0.4, 0.5) is 0 Å². The van der Waals surface area contributed by atoms with Gasteiger partial charge in [-0.15, -0.1) is 0 Å². The van der Waals surface area contributed by atoms with Crippen LogP contribution in [0.5, 0.6) is 0 Å². The van der Waals surface area contributed by atoms with Crippen molar-refractivity contribution in [3.05, 3.63) is 12.2 Å². The molecule has 0 aromatic carbocycles. The second kappa shape index (κ2) is 7.54. The topological polar surface area (TPSA) is 113 Å². The lowest BCUT2D eigenvalue weighted by Crippen LogP contribution is -2.47. The monoisotopic (exact) mass is 329 g/mol. The molecule has 1 unspecified atom stereocenters. The van der Waals surface area contributed by atoms with Gasteiger partial charge in [-0.3, -0.25) is 4.99 Å². The maximum absolute atomic E-state index is 11.0. The molecule has 124 valence electrons. The average molecular weight is 329 g/mol. The van der Waals surface area contributed by atoms with Crippen molar-refractivity contribution in [3.8, 4) is 0 Å². The van der Waals surface area contributed by atoms with Crippen molar-refractivity contribution < 1.29 is 8.42 Å². The van der Waals surface area contributed by atoms with Crippen LogP contribution >= 0.6 is 0 Å². The van der Waals surface area contributed by atoms with Crippen molar-refractivity contribution in [3.63, 3.8) is 0 Å². The molecule has 0 saturated carbocycles. The summed E-state index contributed by atoms with van der Waals surface area (Å²) in [4.78, 5) is 8.58. The molecule has 0 spiro atoms. The van der Waals surface area contributed by atoms with E-state index in [0.29, 0.717) is 12.5 Å². The molecule has 0 radical (unpaired) electrons. The lowest BCUT2D eigenvalue weighted by molar-refractivity contribution is 0.393. The van der Waals surface area contributed by atoms with E-state index in [4.69, 9.17) is 0 Å². The Morgan fingerprint density at radius 1 is 1.55 bits per heavy atom. The van der Waals surface area contributed by atoms with E-state index in [0.717, 1.165) is 38.0 Å². The van der Waals surface area contributed by atoms with E-state index in [1.54, 1.807) is 6.33 Å². The van der Waals surface area contributed by atoms with E-state index >= 15 is 0 Å². The molecule has 0 aliphatic carbocycles. The number of aryl methyl sites for hydroxylation is 1. The highest BCUT2D eigenvalue weighted by Crippen LogP contribution is 2.11. The number of hydrogen-bond donors (Lipinski definition) is 3. The van der Waals surface area contributed by atoms with E-state index < -0.39 is 10.0 Å². The number of fused-ring (bicyclic) bond motifs is 1. The highest BCUT2D eigenvalue weighted by Gasteiger charge is 2.20. The number of rotatable bonds is 6. The van der Waals surface area contributed by atoms with E-state index in [1.165, 1.54) is 0 Å². The molecule has 1 aromatic rings. The molecule has 2 heterocycles. The summed E-state index contributed by atoms with van der Waals surface area (Å²) >= 11 is 0. The lowest BCUT2D eigenvalue weighted by atomic mass is 10.1. The molecule has 9 nitrogen and oxygen atoms in total. The Hall–Kier alpha value is -1.68. The van der Waals surface area contributed by atoms with Gasteiger partial charge in [-0.2, -0.15) is 5.10 Å². The van der Waals surface area contributed by atoms with E-state index in [2.05, 4.69) is 30.4 Å². The number of hydrogen-bond acceptors (Lipinski definition) is 5. The first-order chi connectivity index (χ1) is 10.5. The summed E-state index contributed by atoms with van der Waals surface area (Å²) in [5, 5.41) is 10.7. The van der Waals surface area contributed by atoms with E-state index in [9.17, 15) is 8.42 Å². The number of sulfonamides is 1. The first-order valence-electron chi connectivity index (χ1n) is 7.34. The highest BCUT2D eigenvalue weighted by atomic mass is 32.2. The lowest BCUT2D eigenvalue weighted by Gasteiger charge is -2.25. The van der Waals surface area contributed by atoms with Gasteiger partial charge < -0.3 is 10.6 Å². The number of guanidine groups is 1. The molecule has 22 heavy (non-hydrogen) atoms. The minimum Gasteiger partial charge on any atom is -0.357 e. The van der Waals surface area contributed by atoms with Gasteiger partial charge in [0.2, 0.25) is 10.0 Å². The van der Waals surface area contributed by atoms with Gasteiger partial charge in [-0.1, -0.05) is 0 Å². The molecular formula is C12H23N7O2S. The summed E-state index contributed by atoms with van der Waals surface area (Å²) in [5.74, 6) is 1.70. The Morgan fingerprint density at radius 2 is 2.36 bits per heavy atom. The number of aromatic nitrogens is 3. The SMILES string of the molecule is CCNC(=NCCNS(C)(=O)=O)NC1CCc2ncnn2C1. The Labute approximate surface area is 130 Å². The van der Waals surface area contributed by atoms with Gasteiger partial charge in [0, 0.05) is 25.6 Å². The van der Waals surface area contributed by atoms with E-state index in [-0.39, 0.29) is 12.6 Å². The number of aliphatic imine (C=N–C) groups is 1.